The molecule has 1 N–H and O–H groups in total. The van der Waals surface area contributed by atoms with Crippen molar-refractivity contribution in [1.82, 2.24) is 8.43 Å². The summed E-state index contributed by atoms with van der Waals surface area (Å²) < 4.78 is 26.6. The fourth-order valence-corrected chi connectivity index (χ4v) is 2.33. The Bertz CT molecular complexity index is 203. The molecule has 0 aromatic carbocycles. The van der Waals surface area contributed by atoms with Gasteiger partial charge in [0.1, 0.15) is 0 Å². The maximum absolute atomic E-state index is 12.4. The van der Waals surface area contributed by atoms with Crippen LogP contribution in [0.15, 0.2) is 0 Å². The van der Waals surface area contributed by atoms with Gasteiger partial charge in [-0.1, -0.05) is 0 Å². The highest BCUT2D eigenvalue weighted by Crippen LogP contribution is 2.25. The summed E-state index contributed by atoms with van der Waals surface area (Å²) in [4.78, 5) is 10.7. The van der Waals surface area contributed by atoms with Crippen molar-refractivity contribution in [1.29, 1.82) is 0 Å². The quantitative estimate of drug-likeness (QED) is 0.611. The molecule has 0 spiro atoms. The zero-order valence-electron chi connectivity index (χ0n) is 7.14. The maximum atomic E-state index is 12.4. The first-order valence-electron chi connectivity index (χ1n) is 3.96. The van der Waals surface area contributed by atoms with Crippen LogP contribution in [-0.4, -0.2) is 34.6 Å². The molecule has 0 aliphatic carbocycles. The standard InChI is InChI=1S/C7H11F2IN2O/c1-4(13)11-6-3-12(10)2-5(6)7(8)9/h5-7H,2-3H2,1H3,(H,11,13). The minimum Gasteiger partial charge on any atom is -0.352 e. The lowest BCUT2D eigenvalue weighted by Crippen LogP contribution is -2.41. The number of amides is 1. The third-order valence-electron chi connectivity index (χ3n) is 2.03. The molecule has 1 aliphatic rings. The monoisotopic (exact) mass is 304 g/mol. The molecule has 0 radical (unpaired) electrons. The van der Waals surface area contributed by atoms with E-state index < -0.39 is 18.4 Å². The van der Waals surface area contributed by atoms with Gasteiger partial charge in [0.25, 0.3) is 0 Å². The van der Waals surface area contributed by atoms with Gasteiger partial charge in [-0.3, -0.25) is 4.79 Å². The van der Waals surface area contributed by atoms with Crippen LogP contribution in [0.25, 0.3) is 0 Å². The van der Waals surface area contributed by atoms with Gasteiger partial charge < -0.3 is 5.32 Å². The normalized spacial score (nSPS) is 29.6. The van der Waals surface area contributed by atoms with Crippen molar-refractivity contribution in [3.63, 3.8) is 0 Å². The van der Waals surface area contributed by atoms with Crippen LogP contribution in [0.3, 0.4) is 0 Å². The summed E-state index contributed by atoms with van der Waals surface area (Å²) in [6, 6.07) is -0.408. The van der Waals surface area contributed by atoms with Crippen LogP contribution in [0, 0.1) is 5.92 Å². The number of halogens is 3. The van der Waals surface area contributed by atoms with Gasteiger partial charge in [-0.05, 0) is 0 Å². The number of nitrogens with one attached hydrogen (secondary N) is 1. The molecule has 3 nitrogen and oxygen atoms in total. The summed E-state index contributed by atoms with van der Waals surface area (Å²) in [6.45, 7) is 2.18. The van der Waals surface area contributed by atoms with Crippen LogP contribution in [0.5, 0.6) is 0 Å². The van der Waals surface area contributed by atoms with Crippen molar-refractivity contribution in [2.75, 3.05) is 13.1 Å². The Kier molecular flexibility index (Phi) is 3.84. The second kappa shape index (κ2) is 4.50. The number of rotatable bonds is 2. The van der Waals surface area contributed by atoms with Crippen molar-refractivity contribution in [2.24, 2.45) is 5.92 Å². The van der Waals surface area contributed by atoms with E-state index in [-0.39, 0.29) is 5.91 Å². The Morgan fingerprint density at radius 3 is 2.69 bits per heavy atom. The first-order chi connectivity index (χ1) is 6.00. The molecule has 2 atom stereocenters. The molecular formula is C7H11F2IN2O. The molecule has 0 saturated carbocycles. The Balaban J connectivity index is 2.55. The average molecular weight is 304 g/mol. The fraction of sp³-hybridized carbons (Fsp3) is 0.857. The number of alkyl halides is 2. The van der Waals surface area contributed by atoms with Gasteiger partial charge in [0, 0.05) is 42.9 Å². The SMILES string of the molecule is CC(=O)NC1CN(I)CC1C(F)F. The third-order valence-corrected chi connectivity index (χ3v) is 2.82. The van der Waals surface area contributed by atoms with E-state index >= 15 is 0 Å². The molecule has 1 heterocycles. The van der Waals surface area contributed by atoms with Crippen LogP contribution in [0.2, 0.25) is 0 Å². The first-order valence-corrected chi connectivity index (χ1v) is 4.93. The van der Waals surface area contributed by atoms with Crippen LogP contribution in [0.1, 0.15) is 6.92 Å². The van der Waals surface area contributed by atoms with E-state index in [4.69, 9.17) is 0 Å². The molecule has 0 aromatic rings. The lowest BCUT2D eigenvalue weighted by atomic mass is 10.1. The van der Waals surface area contributed by atoms with Gasteiger partial charge in [0.15, 0.2) is 0 Å². The lowest BCUT2D eigenvalue weighted by molar-refractivity contribution is -0.120. The highest BCUT2D eigenvalue weighted by molar-refractivity contribution is 14.1. The van der Waals surface area contributed by atoms with Crippen molar-refractivity contribution in [3.05, 3.63) is 0 Å². The van der Waals surface area contributed by atoms with Gasteiger partial charge >= 0.3 is 0 Å². The summed E-state index contributed by atoms with van der Waals surface area (Å²) in [7, 11) is 0. The van der Waals surface area contributed by atoms with Crippen LogP contribution in [0.4, 0.5) is 8.78 Å². The van der Waals surface area contributed by atoms with Crippen molar-refractivity contribution in [3.8, 4) is 0 Å². The van der Waals surface area contributed by atoms with Gasteiger partial charge in [-0.2, -0.15) is 0 Å². The van der Waals surface area contributed by atoms with Crippen LogP contribution < -0.4 is 5.32 Å². The Labute approximate surface area is 89.3 Å². The number of hydrogen-bond donors (Lipinski definition) is 1. The number of hydrogen-bond acceptors (Lipinski definition) is 2. The zero-order chi connectivity index (χ0) is 10.0. The summed E-state index contributed by atoms with van der Waals surface area (Å²) in [6.07, 6.45) is -2.36. The predicted molar refractivity (Wildman–Crippen MR) is 52.7 cm³/mol. The lowest BCUT2D eigenvalue weighted by Gasteiger charge is -2.17. The molecule has 76 valence electrons. The summed E-state index contributed by atoms with van der Waals surface area (Å²) in [5.74, 6) is -0.983. The smallest absolute Gasteiger partial charge is 0.244 e. The van der Waals surface area contributed by atoms with Gasteiger partial charge in [0.05, 0.1) is 12.0 Å². The van der Waals surface area contributed by atoms with E-state index in [0.29, 0.717) is 13.1 Å². The molecule has 1 aliphatic heterocycles. The fourth-order valence-electron chi connectivity index (χ4n) is 1.45. The van der Waals surface area contributed by atoms with Gasteiger partial charge in [-0.25, -0.2) is 11.9 Å². The Hall–Kier alpha value is 0.0200. The topological polar surface area (TPSA) is 32.3 Å². The predicted octanol–water partition coefficient (Wildman–Crippen LogP) is 1.04. The molecule has 6 heteroatoms. The number of carbonyl (C=O) groups is 1. The summed E-state index contributed by atoms with van der Waals surface area (Å²) in [5, 5.41) is 2.54. The molecule has 13 heavy (non-hydrogen) atoms. The van der Waals surface area contributed by atoms with Gasteiger partial charge in [-0.15, -0.1) is 0 Å². The van der Waals surface area contributed by atoms with Crippen LogP contribution in [-0.2, 0) is 4.79 Å². The third kappa shape index (κ3) is 3.01. The minimum atomic E-state index is -2.36. The molecule has 0 bridgehead atoms. The molecule has 1 amide bonds. The Morgan fingerprint density at radius 2 is 2.23 bits per heavy atom. The van der Waals surface area contributed by atoms with E-state index in [1.54, 1.807) is 3.11 Å². The van der Waals surface area contributed by atoms with Crippen LogP contribution >= 0.6 is 22.9 Å². The highest BCUT2D eigenvalue weighted by atomic mass is 127. The second-order valence-electron chi connectivity index (χ2n) is 3.13. The summed E-state index contributed by atoms with van der Waals surface area (Å²) in [5.41, 5.74) is 0. The van der Waals surface area contributed by atoms with Crippen molar-refractivity contribution >= 4 is 28.8 Å². The largest absolute Gasteiger partial charge is 0.352 e. The van der Waals surface area contributed by atoms with E-state index in [2.05, 4.69) is 5.32 Å². The number of nitrogens with zero attached hydrogens (tertiary/aromatic N) is 1. The summed E-state index contributed by atoms with van der Waals surface area (Å²) >= 11 is 1.99. The van der Waals surface area contributed by atoms with Gasteiger partial charge in [0.2, 0.25) is 12.3 Å². The number of carbonyl (C=O) groups excluding carboxylic acids is 1. The van der Waals surface area contributed by atoms with Crippen molar-refractivity contribution < 1.29 is 13.6 Å². The van der Waals surface area contributed by atoms with E-state index in [0.717, 1.165) is 0 Å². The molecule has 1 saturated heterocycles. The molecule has 1 fully saturated rings. The Morgan fingerprint density at radius 1 is 1.62 bits per heavy atom. The van der Waals surface area contributed by atoms with E-state index in [1.807, 2.05) is 22.9 Å². The minimum absolute atomic E-state index is 0.248. The molecule has 1 rings (SSSR count). The van der Waals surface area contributed by atoms with E-state index in [9.17, 15) is 13.6 Å². The average Bonchev–Trinajstić information content (AvgIpc) is 2.29. The zero-order valence-corrected chi connectivity index (χ0v) is 9.29. The maximum Gasteiger partial charge on any atom is 0.244 e. The highest BCUT2D eigenvalue weighted by Gasteiger charge is 2.38. The molecular weight excluding hydrogens is 293 g/mol. The first kappa shape index (κ1) is 11.1. The van der Waals surface area contributed by atoms with E-state index in [1.165, 1.54) is 6.92 Å². The molecule has 0 aromatic heterocycles. The molecule has 2 unspecified atom stereocenters. The second-order valence-corrected chi connectivity index (χ2v) is 4.50. The van der Waals surface area contributed by atoms with Crippen molar-refractivity contribution in [2.45, 2.75) is 19.4 Å².